The van der Waals surface area contributed by atoms with Crippen molar-refractivity contribution in [2.45, 2.75) is 13.0 Å². The molecule has 0 bridgehead atoms. The third-order valence-corrected chi connectivity index (χ3v) is 5.01. The van der Waals surface area contributed by atoms with Crippen LogP contribution in [0.4, 0.5) is 0 Å². The lowest BCUT2D eigenvalue weighted by Gasteiger charge is -2.17. The topological polar surface area (TPSA) is 24.9 Å². The summed E-state index contributed by atoms with van der Waals surface area (Å²) < 4.78 is 1.18. The number of halogens is 1. The summed E-state index contributed by atoms with van der Waals surface area (Å²) in [5.41, 5.74) is 5.03. The lowest BCUT2D eigenvalue weighted by Crippen LogP contribution is -2.23. The van der Waals surface area contributed by atoms with Crippen LogP contribution in [0.15, 0.2) is 36.4 Å². The van der Waals surface area contributed by atoms with Gasteiger partial charge in [0.2, 0.25) is 0 Å². The van der Waals surface area contributed by atoms with E-state index in [1.165, 1.54) is 21.4 Å². The number of nitrogens with one attached hydrogen (secondary N) is 1. The molecule has 0 saturated carbocycles. The van der Waals surface area contributed by atoms with E-state index in [1.54, 1.807) is 11.3 Å². The first-order valence-corrected chi connectivity index (χ1v) is 7.88. The highest BCUT2D eigenvalue weighted by atomic mass is 35.5. The maximum absolute atomic E-state index is 6.03. The van der Waals surface area contributed by atoms with Crippen molar-refractivity contribution in [3.63, 3.8) is 0 Å². The van der Waals surface area contributed by atoms with Crippen molar-refractivity contribution >= 4 is 33.2 Å². The van der Waals surface area contributed by atoms with E-state index in [0.29, 0.717) is 0 Å². The van der Waals surface area contributed by atoms with Gasteiger partial charge in [0.05, 0.1) is 10.2 Å². The van der Waals surface area contributed by atoms with Gasteiger partial charge in [-0.3, -0.25) is 0 Å². The highest BCUT2D eigenvalue weighted by Crippen LogP contribution is 2.32. The molecule has 0 spiro atoms. The van der Waals surface area contributed by atoms with Gasteiger partial charge in [-0.25, -0.2) is 4.98 Å². The predicted molar refractivity (Wildman–Crippen MR) is 85.5 cm³/mol. The summed E-state index contributed by atoms with van der Waals surface area (Å²) in [4.78, 5) is 4.71. The zero-order valence-corrected chi connectivity index (χ0v) is 12.4. The fourth-order valence-electron chi connectivity index (χ4n) is 2.64. The molecular weight excluding hydrogens is 288 g/mol. The Hall–Kier alpha value is -1.42. The number of benzene rings is 2. The number of hydrogen-bond acceptors (Lipinski definition) is 3. The summed E-state index contributed by atoms with van der Waals surface area (Å²) >= 11 is 7.74. The first kappa shape index (κ1) is 12.3. The van der Waals surface area contributed by atoms with Gasteiger partial charge in [-0.1, -0.05) is 23.7 Å². The fourth-order valence-corrected chi connectivity index (χ4v) is 3.75. The molecule has 2 heterocycles. The Balaban J connectivity index is 1.82. The van der Waals surface area contributed by atoms with E-state index in [9.17, 15) is 0 Å². The van der Waals surface area contributed by atoms with Crippen molar-refractivity contribution in [3.8, 4) is 10.6 Å². The molecule has 100 valence electrons. The Kier molecular flexibility index (Phi) is 2.99. The second kappa shape index (κ2) is 4.85. The molecule has 1 aliphatic rings. The maximum atomic E-state index is 6.03. The molecule has 0 saturated heterocycles. The Morgan fingerprint density at radius 2 is 2.05 bits per heavy atom. The molecule has 0 atom stereocenters. The Morgan fingerprint density at radius 3 is 3.00 bits per heavy atom. The Bertz CT molecular complexity index is 794. The van der Waals surface area contributed by atoms with Crippen LogP contribution >= 0.6 is 22.9 Å². The number of thiazole rings is 1. The van der Waals surface area contributed by atoms with Crippen LogP contribution in [0, 0.1) is 0 Å². The highest BCUT2D eigenvalue weighted by molar-refractivity contribution is 7.21. The van der Waals surface area contributed by atoms with Crippen molar-refractivity contribution < 1.29 is 0 Å². The average molecular weight is 301 g/mol. The smallest absolute Gasteiger partial charge is 0.124 e. The molecule has 0 unspecified atom stereocenters. The van der Waals surface area contributed by atoms with Gasteiger partial charge in [0.25, 0.3) is 0 Å². The monoisotopic (exact) mass is 300 g/mol. The predicted octanol–water partition coefficient (Wildman–Crippen LogP) is 4.26. The first-order valence-electron chi connectivity index (χ1n) is 6.68. The van der Waals surface area contributed by atoms with Crippen molar-refractivity contribution in [2.24, 2.45) is 0 Å². The molecule has 0 fully saturated rings. The van der Waals surface area contributed by atoms with Gasteiger partial charge in [-0.05, 0) is 48.4 Å². The number of hydrogen-bond donors (Lipinski definition) is 1. The quantitative estimate of drug-likeness (QED) is 0.726. The second-order valence-electron chi connectivity index (χ2n) is 5.04. The molecular formula is C16H13ClN2S. The lowest BCUT2D eigenvalue weighted by molar-refractivity contribution is 0.644. The minimum absolute atomic E-state index is 0.740. The Morgan fingerprint density at radius 1 is 1.10 bits per heavy atom. The van der Waals surface area contributed by atoms with E-state index >= 15 is 0 Å². The molecule has 4 rings (SSSR count). The third kappa shape index (κ3) is 2.12. The van der Waals surface area contributed by atoms with Crippen LogP contribution in [-0.2, 0) is 13.0 Å². The van der Waals surface area contributed by atoms with E-state index < -0.39 is 0 Å². The molecule has 4 heteroatoms. The normalized spacial score (nSPS) is 14.4. The van der Waals surface area contributed by atoms with E-state index in [2.05, 4.69) is 23.5 Å². The van der Waals surface area contributed by atoms with Crippen molar-refractivity contribution in [1.29, 1.82) is 0 Å². The molecule has 1 aromatic heterocycles. The molecule has 0 radical (unpaired) electrons. The van der Waals surface area contributed by atoms with Gasteiger partial charge >= 0.3 is 0 Å². The molecule has 20 heavy (non-hydrogen) atoms. The van der Waals surface area contributed by atoms with Gasteiger partial charge in [0, 0.05) is 17.1 Å². The minimum Gasteiger partial charge on any atom is -0.312 e. The highest BCUT2D eigenvalue weighted by Gasteiger charge is 2.12. The molecule has 0 aliphatic carbocycles. The number of fused-ring (bicyclic) bond motifs is 2. The van der Waals surface area contributed by atoms with Gasteiger partial charge in [-0.2, -0.15) is 0 Å². The zero-order valence-electron chi connectivity index (χ0n) is 10.8. The van der Waals surface area contributed by atoms with Gasteiger partial charge in [0.15, 0.2) is 0 Å². The van der Waals surface area contributed by atoms with Gasteiger partial charge in [-0.15, -0.1) is 11.3 Å². The zero-order chi connectivity index (χ0) is 13.5. The van der Waals surface area contributed by atoms with E-state index in [-0.39, 0.29) is 0 Å². The third-order valence-electron chi connectivity index (χ3n) is 3.69. The minimum atomic E-state index is 0.740. The van der Waals surface area contributed by atoms with Gasteiger partial charge in [0.1, 0.15) is 5.01 Å². The molecule has 2 aromatic carbocycles. The van der Waals surface area contributed by atoms with Crippen LogP contribution in [-0.4, -0.2) is 11.5 Å². The Labute approximate surface area is 126 Å². The fraction of sp³-hybridized carbons (Fsp3) is 0.188. The van der Waals surface area contributed by atoms with Crippen molar-refractivity contribution in [3.05, 3.63) is 52.5 Å². The number of aromatic nitrogens is 1. The van der Waals surface area contributed by atoms with E-state index in [0.717, 1.165) is 35.1 Å². The SMILES string of the molecule is Clc1ccc2sc(-c3ccc4c(c3)CNCC4)nc2c1. The summed E-state index contributed by atoms with van der Waals surface area (Å²) in [6, 6.07) is 12.6. The van der Waals surface area contributed by atoms with Gasteiger partial charge < -0.3 is 5.32 Å². The number of nitrogens with zero attached hydrogens (tertiary/aromatic N) is 1. The number of rotatable bonds is 1. The summed E-state index contributed by atoms with van der Waals surface area (Å²) in [5, 5.41) is 5.22. The van der Waals surface area contributed by atoms with Crippen LogP contribution in [0.2, 0.25) is 5.02 Å². The van der Waals surface area contributed by atoms with Crippen molar-refractivity contribution in [2.75, 3.05) is 6.54 Å². The van der Waals surface area contributed by atoms with Crippen molar-refractivity contribution in [1.82, 2.24) is 10.3 Å². The second-order valence-corrected chi connectivity index (χ2v) is 6.51. The van der Waals surface area contributed by atoms with Crippen LogP contribution in [0.25, 0.3) is 20.8 Å². The van der Waals surface area contributed by atoms with E-state index in [1.807, 2.05) is 18.2 Å². The largest absolute Gasteiger partial charge is 0.312 e. The summed E-state index contributed by atoms with van der Waals surface area (Å²) in [6.07, 6.45) is 1.12. The summed E-state index contributed by atoms with van der Waals surface area (Å²) in [6.45, 7) is 2.03. The first-order chi connectivity index (χ1) is 9.79. The lowest BCUT2D eigenvalue weighted by atomic mass is 9.99. The van der Waals surface area contributed by atoms with Crippen LogP contribution in [0.5, 0.6) is 0 Å². The van der Waals surface area contributed by atoms with Crippen LogP contribution in [0.3, 0.4) is 0 Å². The molecule has 1 N–H and O–H groups in total. The van der Waals surface area contributed by atoms with E-state index in [4.69, 9.17) is 16.6 Å². The average Bonchev–Trinajstić information content (AvgIpc) is 2.89. The van der Waals surface area contributed by atoms with Crippen LogP contribution < -0.4 is 5.32 Å². The van der Waals surface area contributed by atoms with Crippen LogP contribution in [0.1, 0.15) is 11.1 Å². The summed E-state index contributed by atoms with van der Waals surface area (Å²) in [5.74, 6) is 0. The molecule has 3 aromatic rings. The molecule has 2 nitrogen and oxygen atoms in total. The molecule has 0 amide bonds. The standard InChI is InChI=1S/C16H13ClN2S/c17-13-3-4-15-14(8-13)19-16(20-15)11-2-1-10-5-6-18-9-12(10)7-11/h1-4,7-8,18H,5-6,9H2. The molecule has 1 aliphatic heterocycles. The maximum Gasteiger partial charge on any atom is 0.124 e. The summed E-state index contributed by atoms with van der Waals surface area (Å²) in [7, 11) is 0.